The molecule has 0 radical (unpaired) electrons. The molecule has 0 N–H and O–H groups in total. The molecule has 0 unspecified atom stereocenters. The van der Waals surface area contributed by atoms with Gasteiger partial charge in [0.1, 0.15) is 18.9 Å². The van der Waals surface area contributed by atoms with Crippen molar-refractivity contribution in [3.63, 3.8) is 0 Å². The van der Waals surface area contributed by atoms with Crippen LogP contribution in [0.4, 0.5) is 0 Å². The van der Waals surface area contributed by atoms with Crippen LogP contribution in [-0.2, 0) is 0 Å². The zero-order chi connectivity index (χ0) is 15.1. The summed E-state index contributed by atoms with van der Waals surface area (Å²) < 4.78 is 13.0. The van der Waals surface area contributed by atoms with Crippen molar-refractivity contribution in [3.05, 3.63) is 47.8 Å². The van der Waals surface area contributed by atoms with Crippen molar-refractivity contribution in [3.8, 4) is 22.8 Å². The van der Waals surface area contributed by atoms with Crippen LogP contribution in [0.5, 0.6) is 11.5 Å². The highest BCUT2D eigenvalue weighted by Gasteiger charge is 2.14. The summed E-state index contributed by atoms with van der Waals surface area (Å²) in [4.78, 5) is 15.8. The lowest BCUT2D eigenvalue weighted by molar-refractivity contribution is 0.112. The van der Waals surface area contributed by atoms with Gasteiger partial charge in [-0.1, -0.05) is 0 Å². The van der Waals surface area contributed by atoms with E-state index in [0.717, 1.165) is 34.6 Å². The lowest BCUT2D eigenvalue weighted by Gasteiger charge is -2.18. The van der Waals surface area contributed by atoms with E-state index >= 15 is 0 Å². The largest absolute Gasteiger partial charge is 0.486 e. The summed E-state index contributed by atoms with van der Waals surface area (Å²) in [5.41, 5.74) is 3.99. The van der Waals surface area contributed by atoms with E-state index in [2.05, 4.69) is 4.98 Å². The molecule has 0 amide bonds. The van der Waals surface area contributed by atoms with Crippen LogP contribution in [0.25, 0.3) is 16.9 Å². The minimum atomic E-state index is 0.552. The minimum absolute atomic E-state index is 0.552. The molecule has 0 bridgehead atoms. The summed E-state index contributed by atoms with van der Waals surface area (Å²) in [5, 5.41) is 0. The van der Waals surface area contributed by atoms with Gasteiger partial charge >= 0.3 is 0 Å². The van der Waals surface area contributed by atoms with Crippen molar-refractivity contribution < 1.29 is 14.3 Å². The third-order valence-electron chi connectivity index (χ3n) is 3.68. The van der Waals surface area contributed by atoms with Gasteiger partial charge in [-0.15, -0.1) is 0 Å². The minimum Gasteiger partial charge on any atom is -0.486 e. The number of fused-ring (bicyclic) bond motifs is 2. The lowest BCUT2D eigenvalue weighted by atomic mass is 10.1. The van der Waals surface area contributed by atoms with E-state index in [1.165, 1.54) is 0 Å². The molecule has 0 atom stereocenters. The molecule has 0 aliphatic carbocycles. The van der Waals surface area contributed by atoms with Gasteiger partial charge < -0.3 is 13.9 Å². The molecule has 1 aliphatic rings. The first-order valence-electron chi connectivity index (χ1n) is 7.09. The second kappa shape index (κ2) is 4.87. The van der Waals surface area contributed by atoms with Crippen molar-refractivity contribution >= 4 is 11.9 Å². The van der Waals surface area contributed by atoms with Crippen LogP contribution in [0.1, 0.15) is 15.9 Å². The van der Waals surface area contributed by atoms with Gasteiger partial charge in [-0.3, -0.25) is 4.79 Å². The average Bonchev–Trinajstić information content (AvgIpc) is 2.97. The molecular formula is C17H14N2O3. The van der Waals surface area contributed by atoms with Crippen LogP contribution in [0.2, 0.25) is 0 Å². The smallest absolute Gasteiger partial charge is 0.162 e. The third-order valence-corrected chi connectivity index (χ3v) is 3.68. The van der Waals surface area contributed by atoms with Crippen LogP contribution in [0.15, 0.2) is 36.7 Å². The number of imidazole rings is 1. The fraction of sp³-hybridized carbons (Fsp3) is 0.176. The van der Waals surface area contributed by atoms with E-state index in [-0.39, 0.29) is 0 Å². The number of benzene rings is 1. The molecule has 2 aromatic heterocycles. The molecule has 1 aliphatic heterocycles. The Morgan fingerprint density at radius 1 is 1.14 bits per heavy atom. The number of rotatable bonds is 2. The van der Waals surface area contributed by atoms with Crippen LogP contribution in [0, 0.1) is 6.92 Å². The number of carbonyl (C=O) groups is 1. The molecule has 5 nitrogen and oxygen atoms in total. The maximum atomic E-state index is 11.2. The van der Waals surface area contributed by atoms with E-state index in [0.29, 0.717) is 24.4 Å². The second-order valence-electron chi connectivity index (χ2n) is 5.31. The van der Waals surface area contributed by atoms with Crippen molar-refractivity contribution in [1.29, 1.82) is 0 Å². The summed E-state index contributed by atoms with van der Waals surface area (Å²) in [6, 6.07) is 7.59. The van der Waals surface area contributed by atoms with Gasteiger partial charge in [0, 0.05) is 18.0 Å². The molecular weight excluding hydrogens is 280 g/mol. The van der Waals surface area contributed by atoms with Gasteiger partial charge in [-0.05, 0) is 36.8 Å². The number of carbonyl (C=O) groups excluding carboxylic acids is 1. The summed E-state index contributed by atoms with van der Waals surface area (Å²) >= 11 is 0. The second-order valence-corrected chi connectivity index (χ2v) is 5.31. The highest BCUT2D eigenvalue weighted by Crippen LogP contribution is 2.34. The molecule has 0 saturated heterocycles. The summed E-state index contributed by atoms with van der Waals surface area (Å²) in [6.07, 6.45) is 4.71. The fourth-order valence-corrected chi connectivity index (χ4v) is 2.70. The van der Waals surface area contributed by atoms with E-state index in [4.69, 9.17) is 9.47 Å². The van der Waals surface area contributed by atoms with Gasteiger partial charge in [0.15, 0.2) is 17.8 Å². The van der Waals surface area contributed by atoms with Crippen molar-refractivity contribution in [2.45, 2.75) is 6.92 Å². The molecule has 22 heavy (non-hydrogen) atoms. The molecule has 1 aromatic carbocycles. The maximum absolute atomic E-state index is 11.2. The molecule has 5 heteroatoms. The summed E-state index contributed by atoms with van der Waals surface area (Å²) in [6.45, 7) is 3.08. The molecule has 0 spiro atoms. The SMILES string of the molecule is Cc1cc(C=O)c2nc(-c3ccc4c(c3)OCCO4)cn2c1. The Labute approximate surface area is 127 Å². The van der Waals surface area contributed by atoms with Gasteiger partial charge in [-0.25, -0.2) is 4.98 Å². The standard InChI is InChI=1S/C17H14N2O3/c1-11-6-13(10-20)17-18-14(9-19(17)8-11)12-2-3-15-16(7-12)22-5-4-21-15/h2-3,6-10H,4-5H2,1H3. The van der Waals surface area contributed by atoms with E-state index in [9.17, 15) is 4.79 Å². The summed E-state index contributed by atoms with van der Waals surface area (Å²) in [7, 11) is 0. The first-order valence-corrected chi connectivity index (χ1v) is 7.09. The van der Waals surface area contributed by atoms with Crippen molar-refractivity contribution in [2.24, 2.45) is 0 Å². The van der Waals surface area contributed by atoms with Crippen LogP contribution in [-0.4, -0.2) is 28.9 Å². The van der Waals surface area contributed by atoms with Gasteiger partial charge in [0.25, 0.3) is 0 Å². The quantitative estimate of drug-likeness (QED) is 0.682. The zero-order valence-electron chi connectivity index (χ0n) is 12.1. The van der Waals surface area contributed by atoms with E-state index in [1.54, 1.807) is 0 Å². The molecule has 3 aromatic rings. The van der Waals surface area contributed by atoms with Crippen LogP contribution >= 0.6 is 0 Å². The third kappa shape index (κ3) is 2.02. The Morgan fingerprint density at radius 3 is 2.77 bits per heavy atom. The highest BCUT2D eigenvalue weighted by molar-refractivity contribution is 5.85. The Kier molecular flexibility index (Phi) is 2.85. The number of nitrogens with zero attached hydrogens (tertiary/aromatic N) is 2. The molecule has 0 saturated carbocycles. The Hall–Kier alpha value is -2.82. The molecule has 3 heterocycles. The number of aldehydes is 1. The van der Waals surface area contributed by atoms with Gasteiger partial charge in [0.2, 0.25) is 0 Å². The number of hydrogen-bond acceptors (Lipinski definition) is 4. The van der Waals surface area contributed by atoms with E-state index < -0.39 is 0 Å². The highest BCUT2D eigenvalue weighted by atomic mass is 16.6. The van der Waals surface area contributed by atoms with Crippen molar-refractivity contribution in [1.82, 2.24) is 9.38 Å². The van der Waals surface area contributed by atoms with Crippen molar-refractivity contribution in [2.75, 3.05) is 13.2 Å². The summed E-state index contributed by atoms with van der Waals surface area (Å²) in [5.74, 6) is 1.48. The van der Waals surface area contributed by atoms with Gasteiger partial charge in [0.05, 0.1) is 11.3 Å². The Bertz CT molecular complexity index is 883. The molecule has 110 valence electrons. The zero-order valence-corrected chi connectivity index (χ0v) is 12.1. The fourth-order valence-electron chi connectivity index (χ4n) is 2.70. The lowest BCUT2D eigenvalue weighted by Crippen LogP contribution is -2.15. The first kappa shape index (κ1) is 12.9. The molecule has 4 rings (SSSR count). The predicted octanol–water partition coefficient (Wildman–Crippen LogP) is 2.89. The Morgan fingerprint density at radius 2 is 1.95 bits per heavy atom. The number of hydrogen-bond donors (Lipinski definition) is 0. The Balaban J connectivity index is 1.86. The number of ether oxygens (including phenoxy) is 2. The van der Waals surface area contributed by atoms with Crippen LogP contribution in [0.3, 0.4) is 0 Å². The van der Waals surface area contributed by atoms with E-state index in [1.807, 2.05) is 48.0 Å². The normalized spacial score (nSPS) is 13.3. The first-order chi connectivity index (χ1) is 10.7. The number of aromatic nitrogens is 2. The average molecular weight is 294 g/mol. The number of aryl methyl sites for hydroxylation is 1. The predicted molar refractivity (Wildman–Crippen MR) is 81.7 cm³/mol. The van der Waals surface area contributed by atoms with Crippen LogP contribution < -0.4 is 9.47 Å². The maximum Gasteiger partial charge on any atom is 0.162 e. The monoisotopic (exact) mass is 294 g/mol. The van der Waals surface area contributed by atoms with Gasteiger partial charge in [-0.2, -0.15) is 0 Å². The number of pyridine rings is 1. The topological polar surface area (TPSA) is 52.8 Å². The molecule has 0 fully saturated rings.